The summed E-state index contributed by atoms with van der Waals surface area (Å²) in [4.78, 5) is 26.5. The lowest BCUT2D eigenvalue weighted by Gasteiger charge is -2.17. The first-order valence-corrected chi connectivity index (χ1v) is 8.85. The fourth-order valence-corrected chi connectivity index (χ4v) is 3.77. The van der Waals surface area contributed by atoms with E-state index in [1.54, 1.807) is 23.4 Å². The zero-order valence-electron chi connectivity index (χ0n) is 14.1. The average Bonchev–Trinajstić information content (AvgIpc) is 3.35. The molecule has 1 saturated heterocycles. The van der Waals surface area contributed by atoms with Gasteiger partial charge in [-0.15, -0.1) is 0 Å². The molecule has 1 aliphatic heterocycles. The minimum absolute atomic E-state index is 0.0131. The molecule has 2 aromatic heterocycles. The van der Waals surface area contributed by atoms with Crippen molar-refractivity contribution in [3.63, 3.8) is 0 Å². The molecule has 132 valence electrons. The smallest absolute Gasteiger partial charge is 0.230 e. The van der Waals surface area contributed by atoms with E-state index in [9.17, 15) is 9.59 Å². The monoisotopic (exact) mass is 342 g/mol. The van der Waals surface area contributed by atoms with E-state index < -0.39 is 0 Å². The molecule has 2 aliphatic rings. The van der Waals surface area contributed by atoms with Gasteiger partial charge in [0.05, 0.1) is 31.0 Å². The van der Waals surface area contributed by atoms with Gasteiger partial charge < -0.3 is 14.6 Å². The first-order chi connectivity index (χ1) is 12.2. The van der Waals surface area contributed by atoms with E-state index in [1.807, 2.05) is 16.8 Å². The Kier molecular flexibility index (Phi) is 4.29. The molecular formula is C18H22N4O3. The van der Waals surface area contributed by atoms with Gasteiger partial charge in [0.1, 0.15) is 11.6 Å². The molecule has 0 aromatic carbocycles. The van der Waals surface area contributed by atoms with Crippen LogP contribution in [-0.2, 0) is 16.1 Å². The molecule has 0 bridgehead atoms. The third-order valence-electron chi connectivity index (χ3n) is 5.10. The van der Waals surface area contributed by atoms with Gasteiger partial charge in [-0.1, -0.05) is 12.8 Å². The van der Waals surface area contributed by atoms with Crippen LogP contribution in [0.1, 0.15) is 43.9 Å². The maximum Gasteiger partial charge on any atom is 0.230 e. The van der Waals surface area contributed by atoms with Gasteiger partial charge in [-0.2, -0.15) is 5.10 Å². The van der Waals surface area contributed by atoms with E-state index in [2.05, 4.69) is 10.4 Å². The molecule has 1 unspecified atom stereocenters. The topological polar surface area (TPSA) is 80.4 Å². The van der Waals surface area contributed by atoms with Gasteiger partial charge in [0, 0.05) is 19.0 Å². The van der Waals surface area contributed by atoms with Gasteiger partial charge in [-0.3, -0.25) is 9.59 Å². The third kappa shape index (κ3) is 3.31. The molecule has 1 aliphatic carbocycles. The number of furan rings is 1. The van der Waals surface area contributed by atoms with Crippen molar-refractivity contribution < 1.29 is 14.0 Å². The summed E-state index contributed by atoms with van der Waals surface area (Å²) in [6.45, 7) is 0.832. The van der Waals surface area contributed by atoms with Crippen LogP contribution >= 0.6 is 0 Å². The van der Waals surface area contributed by atoms with E-state index in [1.165, 1.54) is 12.8 Å². The van der Waals surface area contributed by atoms with E-state index in [4.69, 9.17) is 4.42 Å². The average molecular weight is 342 g/mol. The van der Waals surface area contributed by atoms with Crippen LogP contribution in [0.3, 0.4) is 0 Å². The van der Waals surface area contributed by atoms with E-state index in [0.717, 1.165) is 24.4 Å². The van der Waals surface area contributed by atoms with Crippen molar-refractivity contribution in [1.82, 2.24) is 14.7 Å². The molecule has 1 saturated carbocycles. The molecular weight excluding hydrogens is 320 g/mol. The zero-order chi connectivity index (χ0) is 17.2. The number of hydrogen-bond donors (Lipinski definition) is 1. The molecule has 25 heavy (non-hydrogen) atoms. The number of anilines is 1. The van der Waals surface area contributed by atoms with Gasteiger partial charge in [-0.25, -0.2) is 4.68 Å². The van der Waals surface area contributed by atoms with Crippen molar-refractivity contribution in [2.75, 3.05) is 11.9 Å². The van der Waals surface area contributed by atoms with Crippen molar-refractivity contribution in [2.45, 2.75) is 44.7 Å². The quantitative estimate of drug-likeness (QED) is 0.905. The standard InChI is InChI=1S/C18H22N4O3/c23-17-10-13(11-21(17)12-15-6-3-9-25-15)18(24)20-16-7-8-19-22(16)14-4-1-2-5-14/h3,6-9,13-14H,1-2,4-5,10-12H2,(H,20,24). The summed E-state index contributed by atoms with van der Waals surface area (Å²) < 4.78 is 7.21. The number of carbonyl (C=O) groups is 2. The molecule has 2 amide bonds. The highest BCUT2D eigenvalue weighted by molar-refractivity contribution is 5.96. The first-order valence-electron chi connectivity index (χ1n) is 8.85. The van der Waals surface area contributed by atoms with Crippen molar-refractivity contribution in [3.8, 4) is 0 Å². The Morgan fingerprint density at radius 1 is 1.32 bits per heavy atom. The fourth-order valence-electron chi connectivity index (χ4n) is 3.77. The third-order valence-corrected chi connectivity index (χ3v) is 5.10. The van der Waals surface area contributed by atoms with Crippen LogP contribution in [-0.4, -0.2) is 33.0 Å². The summed E-state index contributed by atoms with van der Waals surface area (Å²) in [5, 5.41) is 7.34. The number of aromatic nitrogens is 2. The molecule has 0 radical (unpaired) electrons. The number of rotatable bonds is 5. The second-order valence-electron chi connectivity index (χ2n) is 6.84. The Labute approximate surface area is 146 Å². The second-order valence-corrected chi connectivity index (χ2v) is 6.84. The van der Waals surface area contributed by atoms with Crippen LogP contribution in [0.5, 0.6) is 0 Å². The van der Waals surface area contributed by atoms with E-state index >= 15 is 0 Å². The first kappa shape index (κ1) is 15.9. The maximum atomic E-state index is 12.6. The Balaban J connectivity index is 1.39. The van der Waals surface area contributed by atoms with E-state index in [0.29, 0.717) is 19.1 Å². The Bertz CT molecular complexity index is 746. The minimum Gasteiger partial charge on any atom is -0.467 e. The van der Waals surface area contributed by atoms with Crippen LogP contribution in [0.15, 0.2) is 35.1 Å². The Hall–Kier alpha value is -2.57. The van der Waals surface area contributed by atoms with Crippen molar-refractivity contribution in [1.29, 1.82) is 0 Å². The van der Waals surface area contributed by atoms with Crippen molar-refractivity contribution in [2.24, 2.45) is 5.92 Å². The number of carbonyl (C=O) groups excluding carboxylic acids is 2. The van der Waals surface area contributed by atoms with Gasteiger partial charge >= 0.3 is 0 Å². The number of nitrogens with one attached hydrogen (secondary N) is 1. The number of hydrogen-bond acceptors (Lipinski definition) is 4. The molecule has 7 heteroatoms. The van der Waals surface area contributed by atoms with Crippen LogP contribution < -0.4 is 5.32 Å². The maximum absolute atomic E-state index is 12.6. The lowest BCUT2D eigenvalue weighted by molar-refractivity contribution is -0.128. The second kappa shape index (κ2) is 6.74. The number of amides is 2. The predicted molar refractivity (Wildman–Crippen MR) is 90.6 cm³/mol. The molecule has 4 rings (SSSR count). The van der Waals surface area contributed by atoms with Crippen molar-refractivity contribution in [3.05, 3.63) is 36.4 Å². The molecule has 3 heterocycles. The highest BCUT2D eigenvalue weighted by Crippen LogP contribution is 2.31. The molecule has 1 N–H and O–H groups in total. The summed E-state index contributed by atoms with van der Waals surface area (Å²) in [6, 6.07) is 5.82. The molecule has 2 fully saturated rings. The predicted octanol–water partition coefficient (Wildman–Crippen LogP) is 2.58. The lowest BCUT2D eigenvalue weighted by atomic mass is 10.1. The van der Waals surface area contributed by atoms with Crippen LogP contribution in [0, 0.1) is 5.92 Å². The Morgan fingerprint density at radius 2 is 2.16 bits per heavy atom. The van der Waals surface area contributed by atoms with Gasteiger partial charge in [-0.05, 0) is 25.0 Å². The summed E-state index contributed by atoms with van der Waals surface area (Å²) in [7, 11) is 0. The molecule has 7 nitrogen and oxygen atoms in total. The van der Waals surface area contributed by atoms with Gasteiger partial charge in [0.2, 0.25) is 11.8 Å². The van der Waals surface area contributed by atoms with Gasteiger partial charge in [0.25, 0.3) is 0 Å². The Morgan fingerprint density at radius 3 is 2.92 bits per heavy atom. The highest BCUT2D eigenvalue weighted by Gasteiger charge is 2.35. The SMILES string of the molecule is O=C(Nc1ccnn1C1CCCC1)C1CC(=O)N(Cc2ccco2)C1. The minimum atomic E-state index is -0.339. The summed E-state index contributed by atoms with van der Waals surface area (Å²) in [5.74, 6) is 0.993. The van der Waals surface area contributed by atoms with Crippen molar-refractivity contribution >= 4 is 17.6 Å². The summed E-state index contributed by atoms with van der Waals surface area (Å²) in [5.41, 5.74) is 0. The van der Waals surface area contributed by atoms with Gasteiger partial charge in [0.15, 0.2) is 0 Å². The zero-order valence-corrected chi connectivity index (χ0v) is 14.1. The molecule has 1 atom stereocenters. The molecule has 2 aromatic rings. The summed E-state index contributed by atoms with van der Waals surface area (Å²) >= 11 is 0. The lowest BCUT2D eigenvalue weighted by Crippen LogP contribution is -2.28. The summed E-state index contributed by atoms with van der Waals surface area (Å²) in [6.07, 6.45) is 8.16. The van der Waals surface area contributed by atoms with Crippen LogP contribution in [0.2, 0.25) is 0 Å². The normalized spacial score (nSPS) is 21.2. The van der Waals surface area contributed by atoms with Crippen LogP contribution in [0.25, 0.3) is 0 Å². The fraction of sp³-hybridized carbons (Fsp3) is 0.500. The number of likely N-dealkylation sites (tertiary alicyclic amines) is 1. The van der Waals surface area contributed by atoms with E-state index in [-0.39, 0.29) is 24.2 Å². The molecule has 0 spiro atoms. The number of nitrogens with zero attached hydrogens (tertiary/aromatic N) is 3. The highest BCUT2D eigenvalue weighted by atomic mass is 16.3. The van der Waals surface area contributed by atoms with Crippen LogP contribution in [0.4, 0.5) is 5.82 Å². The largest absolute Gasteiger partial charge is 0.467 e.